The lowest BCUT2D eigenvalue weighted by Crippen LogP contribution is -2.46. The number of carbonyl (C=O) groups excluding carboxylic acids is 1. The van der Waals surface area contributed by atoms with Crippen LogP contribution in [0.1, 0.15) is 54.6 Å². The second-order valence-electron chi connectivity index (χ2n) is 9.87. The van der Waals surface area contributed by atoms with E-state index in [1.54, 1.807) is 13.1 Å². The number of aliphatic hydroxyl groups excluding tert-OH is 1. The predicted molar refractivity (Wildman–Crippen MR) is 146 cm³/mol. The maximum absolute atomic E-state index is 11.6. The minimum absolute atomic E-state index is 0.0962. The van der Waals surface area contributed by atoms with Crippen molar-refractivity contribution in [3.63, 3.8) is 0 Å². The molecule has 1 aliphatic heterocycles. The molecule has 1 saturated heterocycles. The van der Waals surface area contributed by atoms with E-state index in [9.17, 15) is 9.90 Å². The van der Waals surface area contributed by atoms with Crippen LogP contribution in [0.25, 0.3) is 11.3 Å². The van der Waals surface area contributed by atoms with Crippen LogP contribution < -0.4 is 0 Å². The number of esters is 1. The monoisotopic (exact) mass is 524 g/mol. The third-order valence-corrected chi connectivity index (χ3v) is 6.69. The van der Waals surface area contributed by atoms with Crippen molar-refractivity contribution in [2.75, 3.05) is 19.7 Å². The molecule has 39 heavy (non-hydrogen) atoms. The first-order chi connectivity index (χ1) is 19.0. The normalized spacial score (nSPS) is 14.3. The maximum Gasteiger partial charge on any atom is 0.306 e. The highest BCUT2D eigenvalue weighted by Crippen LogP contribution is 2.23. The number of nitrogens with zero attached hydrogens (tertiary/aromatic N) is 4. The summed E-state index contributed by atoms with van der Waals surface area (Å²) in [5, 5.41) is 14.0. The lowest BCUT2D eigenvalue weighted by molar-refractivity contribution is -0.145. The Kier molecular flexibility index (Phi) is 8.21. The fourth-order valence-corrected chi connectivity index (χ4v) is 4.72. The molecular weight excluding hydrogens is 492 g/mol. The van der Waals surface area contributed by atoms with Crippen molar-refractivity contribution in [3.05, 3.63) is 95.2 Å². The Morgan fingerprint density at radius 2 is 1.79 bits per heavy atom. The fraction of sp³-hybridized carbons (Fsp3) is 0.323. The van der Waals surface area contributed by atoms with Crippen LogP contribution in [0.2, 0.25) is 0 Å². The van der Waals surface area contributed by atoms with Gasteiger partial charge in [0.2, 0.25) is 0 Å². The summed E-state index contributed by atoms with van der Waals surface area (Å²) in [5.74, 6) is 8.03. The number of aliphatic hydroxyl groups is 1. The zero-order chi connectivity index (χ0) is 27.2. The van der Waals surface area contributed by atoms with E-state index in [1.165, 1.54) is 5.56 Å². The zero-order valence-electron chi connectivity index (χ0n) is 22.2. The molecule has 200 valence electrons. The van der Waals surface area contributed by atoms with Crippen molar-refractivity contribution in [3.8, 4) is 23.2 Å². The molecule has 0 saturated carbocycles. The average Bonchev–Trinajstić information content (AvgIpc) is 3.58. The number of aromatic nitrogens is 3. The second-order valence-corrected chi connectivity index (χ2v) is 9.87. The van der Waals surface area contributed by atoms with Gasteiger partial charge in [0.15, 0.2) is 5.76 Å². The van der Waals surface area contributed by atoms with Crippen LogP contribution in [0.5, 0.6) is 0 Å². The number of hydrogen-bond donors (Lipinski definition) is 1. The van der Waals surface area contributed by atoms with Gasteiger partial charge in [-0.05, 0) is 61.7 Å². The Hall–Kier alpha value is -4.19. The van der Waals surface area contributed by atoms with Crippen LogP contribution in [0.4, 0.5) is 0 Å². The molecule has 8 heteroatoms. The number of ether oxygens (including phenoxy) is 1. The first-order valence-corrected chi connectivity index (χ1v) is 13.2. The Balaban J connectivity index is 1.13. The summed E-state index contributed by atoms with van der Waals surface area (Å²) in [6.07, 6.45) is 3.34. The minimum atomic E-state index is -0.651. The Bertz CT molecular complexity index is 1450. The molecule has 1 N–H and O–H groups in total. The van der Waals surface area contributed by atoms with E-state index in [1.807, 2.05) is 60.2 Å². The molecule has 8 nitrogen and oxygen atoms in total. The first kappa shape index (κ1) is 26.4. The lowest BCUT2D eigenvalue weighted by Gasteiger charge is -2.38. The van der Waals surface area contributed by atoms with E-state index in [4.69, 9.17) is 9.26 Å². The quantitative estimate of drug-likeness (QED) is 0.256. The van der Waals surface area contributed by atoms with Crippen LogP contribution in [0.3, 0.4) is 0 Å². The van der Waals surface area contributed by atoms with Crippen molar-refractivity contribution in [2.45, 2.75) is 39.5 Å². The van der Waals surface area contributed by atoms with E-state index >= 15 is 0 Å². The Morgan fingerprint density at radius 3 is 2.46 bits per heavy atom. The van der Waals surface area contributed by atoms with Gasteiger partial charge >= 0.3 is 5.97 Å². The molecule has 2 aromatic heterocycles. The van der Waals surface area contributed by atoms with Gasteiger partial charge in [0.25, 0.3) is 0 Å². The largest absolute Gasteiger partial charge is 0.466 e. The molecule has 0 aliphatic carbocycles. The van der Waals surface area contributed by atoms with Crippen LogP contribution in [0.15, 0.2) is 71.5 Å². The number of benzene rings is 2. The highest BCUT2D eigenvalue weighted by Gasteiger charge is 2.28. The van der Waals surface area contributed by atoms with E-state index in [0.29, 0.717) is 37.1 Å². The Morgan fingerprint density at radius 1 is 1.10 bits per heavy atom. The van der Waals surface area contributed by atoms with Crippen molar-refractivity contribution >= 4 is 5.97 Å². The second kappa shape index (κ2) is 12.1. The molecule has 1 aliphatic rings. The molecule has 0 amide bonds. The summed E-state index contributed by atoms with van der Waals surface area (Å²) >= 11 is 0. The fourth-order valence-electron chi connectivity index (χ4n) is 4.72. The van der Waals surface area contributed by atoms with Crippen molar-refractivity contribution in [1.29, 1.82) is 0 Å². The van der Waals surface area contributed by atoms with Gasteiger partial charge in [0.05, 0.1) is 19.6 Å². The SMILES string of the molecule is CCOC(=O)CC1CN(Cc2ccc(C#Cc3ccc(-c4cc(Cn5ccnc5C(C)O)no4)cc3)cc2)C1. The van der Waals surface area contributed by atoms with E-state index in [-0.39, 0.29) is 5.97 Å². The van der Waals surface area contributed by atoms with Crippen molar-refractivity contribution in [2.24, 2.45) is 5.92 Å². The molecular formula is C31H32N4O4. The topological polar surface area (TPSA) is 93.6 Å². The minimum Gasteiger partial charge on any atom is -0.466 e. The molecule has 2 aromatic carbocycles. The molecule has 0 bridgehead atoms. The van der Waals surface area contributed by atoms with E-state index < -0.39 is 6.10 Å². The molecule has 0 radical (unpaired) electrons. The lowest BCUT2D eigenvalue weighted by atomic mass is 9.95. The molecule has 1 atom stereocenters. The van der Waals surface area contributed by atoms with Crippen LogP contribution >= 0.6 is 0 Å². The molecule has 1 unspecified atom stereocenters. The highest BCUT2D eigenvalue weighted by atomic mass is 16.5. The third kappa shape index (κ3) is 6.82. The standard InChI is InChI=1S/C31H32N4O4/c1-3-38-30(37)16-26-19-34(20-26)18-25-8-6-23(7-9-25)4-5-24-10-12-27(13-11-24)29-17-28(33-39-29)21-35-15-14-32-31(35)22(2)36/h6-15,17,22,26,36H,3,16,18-21H2,1-2H3. The van der Waals surface area contributed by atoms with Crippen LogP contribution in [0, 0.1) is 17.8 Å². The molecule has 1 fully saturated rings. The summed E-state index contributed by atoms with van der Waals surface area (Å²) < 4.78 is 12.4. The highest BCUT2D eigenvalue weighted by molar-refractivity contribution is 5.69. The molecule has 3 heterocycles. The smallest absolute Gasteiger partial charge is 0.306 e. The number of rotatable bonds is 9. The van der Waals surface area contributed by atoms with Gasteiger partial charge in [-0.25, -0.2) is 4.98 Å². The van der Waals surface area contributed by atoms with Gasteiger partial charge in [-0.1, -0.05) is 29.1 Å². The van der Waals surface area contributed by atoms with Crippen molar-refractivity contribution in [1.82, 2.24) is 19.6 Å². The third-order valence-electron chi connectivity index (χ3n) is 6.69. The van der Waals surface area contributed by atoms with E-state index in [2.05, 4.69) is 39.0 Å². The van der Waals surface area contributed by atoms with Gasteiger partial charge in [-0.3, -0.25) is 9.69 Å². The number of carbonyl (C=O) groups is 1. The van der Waals surface area contributed by atoms with E-state index in [0.717, 1.165) is 42.0 Å². The summed E-state index contributed by atoms with van der Waals surface area (Å²) in [7, 11) is 0. The molecule has 0 spiro atoms. The number of imidazole rings is 1. The number of hydrogen-bond acceptors (Lipinski definition) is 7. The summed E-state index contributed by atoms with van der Waals surface area (Å²) in [4.78, 5) is 18.1. The Labute approximate surface area is 228 Å². The summed E-state index contributed by atoms with van der Waals surface area (Å²) in [5.41, 5.74) is 4.78. The molecule has 5 rings (SSSR count). The number of likely N-dealkylation sites (tertiary alicyclic amines) is 1. The van der Waals surface area contributed by atoms with Crippen LogP contribution in [-0.4, -0.2) is 50.4 Å². The zero-order valence-corrected chi connectivity index (χ0v) is 22.2. The van der Waals surface area contributed by atoms with Gasteiger partial charge in [0.1, 0.15) is 17.6 Å². The molecule has 4 aromatic rings. The van der Waals surface area contributed by atoms with Crippen molar-refractivity contribution < 1.29 is 19.2 Å². The van der Waals surface area contributed by atoms with Crippen LogP contribution in [-0.2, 0) is 22.6 Å². The summed E-state index contributed by atoms with van der Waals surface area (Å²) in [6, 6.07) is 18.1. The van der Waals surface area contributed by atoms with Gasteiger partial charge in [-0.2, -0.15) is 0 Å². The summed E-state index contributed by atoms with van der Waals surface area (Å²) in [6.45, 7) is 7.18. The maximum atomic E-state index is 11.6. The first-order valence-electron chi connectivity index (χ1n) is 13.2. The predicted octanol–water partition coefficient (Wildman–Crippen LogP) is 4.42. The average molecular weight is 525 g/mol. The van der Waals surface area contributed by atoms with Gasteiger partial charge in [0, 0.05) is 54.8 Å². The van der Waals surface area contributed by atoms with Gasteiger partial charge < -0.3 is 18.9 Å². The van der Waals surface area contributed by atoms with Gasteiger partial charge in [-0.15, -0.1) is 0 Å².